The lowest BCUT2D eigenvalue weighted by Crippen LogP contribution is -2.49. The van der Waals surface area contributed by atoms with Crippen LogP contribution in [-0.2, 0) is 4.79 Å². The summed E-state index contributed by atoms with van der Waals surface area (Å²) in [6.45, 7) is 1.26. The summed E-state index contributed by atoms with van der Waals surface area (Å²) >= 11 is 2.11. The van der Waals surface area contributed by atoms with Gasteiger partial charge in [0, 0.05) is 41.2 Å². The number of nitrogens with zero attached hydrogens (tertiary/aromatic N) is 1. The summed E-state index contributed by atoms with van der Waals surface area (Å²) in [6, 6.07) is 7.80. The van der Waals surface area contributed by atoms with Crippen LogP contribution in [0.5, 0.6) is 0 Å². The first-order valence-corrected chi connectivity index (χ1v) is 14.2. The fourth-order valence-corrected chi connectivity index (χ4v) is 6.13. The van der Waals surface area contributed by atoms with Crippen LogP contribution >= 0.6 is 23.7 Å². The number of alkyl halides is 2. The molecule has 1 saturated carbocycles. The molecule has 2 fully saturated rings. The van der Waals surface area contributed by atoms with Crippen molar-refractivity contribution < 1.29 is 26.7 Å². The molecule has 0 spiro atoms. The summed E-state index contributed by atoms with van der Waals surface area (Å²) in [7, 11) is 0. The third-order valence-electron chi connectivity index (χ3n) is 6.65. The number of hydrogen-bond donors (Lipinski definition) is 2. The van der Waals surface area contributed by atoms with Crippen molar-refractivity contribution in [2.75, 3.05) is 30.7 Å². The van der Waals surface area contributed by atoms with E-state index in [1.807, 2.05) is 4.90 Å². The Labute approximate surface area is 222 Å². The molecule has 202 valence electrons. The van der Waals surface area contributed by atoms with Crippen LogP contribution in [0.25, 0.3) is 0 Å². The van der Waals surface area contributed by atoms with Gasteiger partial charge < -0.3 is 5.32 Å². The topological polar surface area (TPSA) is 44.4 Å². The summed E-state index contributed by atoms with van der Waals surface area (Å²) < 4.78 is 73.5. The van der Waals surface area contributed by atoms with Gasteiger partial charge in [-0.25, -0.2) is 22.0 Å². The maximum atomic E-state index is 14.9. The van der Waals surface area contributed by atoms with Gasteiger partial charge in [-0.3, -0.25) is 14.4 Å². The largest absolute Gasteiger partial charge is 0.377 e. The molecule has 0 bridgehead atoms. The van der Waals surface area contributed by atoms with Crippen LogP contribution in [0, 0.1) is 17.5 Å². The van der Waals surface area contributed by atoms with E-state index in [0.29, 0.717) is 56.6 Å². The van der Waals surface area contributed by atoms with Gasteiger partial charge in [-0.05, 0) is 80.5 Å². The second-order valence-electron chi connectivity index (χ2n) is 9.57. The summed E-state index contributed by atoms with van der Waals surface area (Å²) in [5.41, 5.74) is -2.25. The summed E-state index contributed by atoms with van der Waals surface area (Å²) in [4.78, 5) is 15.2. The number of anilines is 1. The lowest BCUT2D eigenvalue weighted by molar-refractivity contribution is -0.132. The van der Waals surface area contributed by atoms with Crippen LogP contribution in [-0.4, -0.2) is 54.1 Å². The van der Waals surface area contributed by atoms with Crippen molar-refractivity contribution in [1.29, 1.82) is 0 Å². The highest BCUT2D eigenvalue weighted by atomic mass is 32.2. The van der Waals surface area contributed by atoms with E-state index in [1.54, 1.807) is 12.1 Å². The molecular weight excluding hydrogens is 529 g/mol. The first-order valence-electron chi connectivity index (χ1n) is 12.4. The van der Waals surface area contributed by atoms with Crippen molar-refractivity contribution in [3.8, 4) is 0 Å². The van der Waals surface area contributed by atoms with Crippen molar-refractivity contribution in [2.24, 2.45) is 0 Å². The summed E-state index contributed by atoms with van der Waals surface area (Å²) in [5, 5.41) is 2.94. The highest BCUT2D eigenvalue weighted by molar-refractivity contribution is 7.99. The molecule has 2 aliphatic rings. The van der Waals surface area contributed by atoms with E-state index in [9.17, 15) is 26.7 Å². The number of thioether (sulfide) groups is 1. The minimum atomic E-state index is -1.95. The van der Waals surface area contributed by atoms with Crippen LogP contribution in [0.2, 0.25) is 0 Å². The predicted octanol–water partition coefficient (Wildman–Crippen LogP) is 6.52. The zero-order chi connectivity index (χ0) is 26.4. The van der Waals surface area contributed by atoms with Gasteiger partial charge in [-0.15, -0.1) is 11.8 Å². The molecule has 11 heteroatoms. The van der Waals surface area contributed by atoms with Gasteiger partial charge in [0.15, 0.2) is 5.67 Å². The smallest absolute Gasteiger partial charge is 0.267 e. The molecule has 1 heterocycles. The van der Waals surface area contributed by atoms with E-state index in [2.05, 4.69) is 10.0 Å². The molecule has 1 atom stereocenters. The second-order valence-corrected chi connectivity index (χ2v) is 11.5. The highest BCUT2D eigenvalue weighted by Gasteiger charge is 2.39. The number of amides is 1. The number of halogens is 5. The molecule has 1 amide bonds. The minimum Gasteiger partial charge on any atom is -0.377 e. The van der Waals surface area contributed by atoms with Gasteiger partial charge in [0.25, 0.3) is 5.91 Å². The van der Waals surface area contributed by atoms with Gasteiger partial charge in [-0.1, -0.05) is 6.42 Å². The Morgan fingerprint density at radius 2 is 1.68 bits per heavy atom. The zero-order valence-corrected chi connectivity index (χ0v) is 21.9. The molecule has 4 rings (SSSR count). The second kappa shape index (κ2) is 12.7. The van der Waals surface area contributed by atoms with Gasteiger partial charge in [-0.2, -0.15) is 0 Å². The van der Waals surface area contributed by atoms with Crippen molar-refractivity contribution in [2.45, 2.75) is 66.2 Å². The average Bonchev–Trinajstić information content (AvgIpc) is 2.85. The highest BCUT2D eigenvalue weighted by Crippen LogP contribution is 2.34. The predicted molar refractivity (Wildman–Crippen MR) is 138 cm³/mol. The zero-order valence-electron chi connectivity index (χ0n) is 20.3. The lowest BCUT2D eigenvalue weighted by Gasteiger charge is -2.35. The Bertz CT molecular complexity index is 1040. The molecule has 1 saturated heterocycles. The number of hydrogen-bond acceptors (Lipinski definition) is 5. The third-order valence-corrected chi connectivity index (χ3v) is 8.58. The number of benzene rings is 2. The van der Waals surface area contributed by atoms with Crippen LogP contribution in [0.3, 0.4) is 0 Å². The molecule has 1 aliphatic carbocycles. The Morgan fingerprint density at radius 3 is 2.30 bits per heavy atom. The minimum absolute atomic E-state index is 0.111. The van der Waals surface area contributed by atoms with E-state index >= 15 is 0 Å². The maximum absolute atomic E-state index is 14.9. The molecule has 2 aromatic rings. The Kier molecular flexibility index (Phi) is 9.63. The maximum Gasteiger partial charge on any atom is 0.267 e. The van der Waals surface area contributed by atoms with Crippen LogP contribution in [0.4, 0.5) is 27.6 Å². The number of carbonyl (C=O) groups excluding carboxylic acids is 1. The fraction of sp³-hybridized carbons (Fsp3) is 0.500. The first-order chi connectivity index (χ1) is 17.7. The summed E-state index contributed by atoms with van der Waals surface area (Å²) in [6.07, 6.45) is 2.11. The average molecular weight is 560 g/mol. The van der Waals surface area contributed by atoms with E-state index in [1.165, 1.54) is 23.9 Å². The third kappa shape index (κ3) is 7.77. The molecule has 4 nitrogen and oxygen atoms in total. The molecule has 37 heavy (non-hydrogen) atoms. The quantitative estimate of drug-likeness (QED) is 0.187. The number of rotatable bonds is 11. The number of nitrogens with one attached hydrogen (secondary N) is 2. The summed E-state index contributed by atoms with van der Waals surface area (Å²) in [5.74, 6) is -2.36. The van der Waals surface area contributed by atoms with Gasteiger partial charge in [0.05, 0.1) is 0 Å². The van der Waals surface area contributed by atoms with E-state index in [4.69, 9.17) is 0 Å². The van der Waals surface area contributed by atoms with Crippen molar-refractivity contribution in [1.82, 2.24) is 9.62 Å². The van der Waals surface area contributed by atoms with Crippen LogP contribution < -0.4 is 10.0 Å². The molecule has 0 radical (unpaired) electrons. The van der Waals surface area contributed by atoms with Gasteiger partial charge >= 0.3 is 0 Å². The van der Waals surface area contributed by atoms with E-state index in [-0.39, 0.29) is 35.3 Å². The van der Waals surface area contributed by atoms with Crippen molar-refractivity contribution in [3.05, 3.63) is 53.8 Å². The molecule has 2 aromatic carbocycles. The Balaban J connectivity index is 1.38. The van der Waals surface area contributed by atoms with E-state index in [0.717, 1.165) is 23.4 Å². The van der Waals surface area contributed by atoms with Gasteiger partial charge in [0.1, 0.15) is 29.3 Å². The molecule has 0 aromatic heterocycles. The number of likely N-dealkylation sites (tertiary alicyclic amines) is 1. The molecular formula is C26H30F5N3OS2. The monoisotopic (exact) mass is 559 g/mol. The Morgan fingerprint density at radius 1 is 1.03 bits per heavy atom. The lowest BCUT2D eigenvalue weighted by atomic mass is 9.86. The number of carbonyl (C=O) groups is 1. The van der Waals surface area contributed by atoms with Crippen molar-refractivity contribution in [3.63, 3.8) is 0 Å². The van der Waals surface area contributed by atoms with Crippen molar-refractivity contribution >= 4 is 35.3 Å². The standard InChI is InChI=1S/C26H30F5N3OS2/c27-17-4-6-20(7-5-17)36-16-19(8-11-34-14-18(28)15-34)32-24-22(29)12-21(13-23(24)30)37-33-25(35)26(31)9-2-1-3-10-26/h4-7,12-13,18-19,32H,1-3,8-11,14-16H2,(H,33,35). The van der Waals surface area contributed by atoms with Crippen LogP contribution in [0.1, 0.15) is 38.5 Å². The SMILES string of the molecule is O=C(NSc1cc(F)c(NC(CCN2CC(F)C2)CSc2ccc(F)cc2)c(F)c1)C1(F)CCCCC1. The van der Waals surface area contributed by atoms with E-state index < -0.39 is 29.4 Å². The Hall–Kier alpha value is -1.98. The molecule has 1 unspecified atom stereocenters. The normalized spacial score (nSPS) is 18.7. The molecule has 1 aliphatic heterocycles. The van der Waals surface area contributed by atoms with Gasteiger partial charge in [0.2, 0.25) is 0 Å². The fourth-order valence-electron chi connectivity index (χ4n) is 4.44. The molecule has 2 N–H and O–H groups in total. The first kappa shape index (κ1) is 28.0. The van der Waals surface area contributed by atoms with Crippen LogP contribution in [0.15, 0.2) is 46.2 Å².